The van der Waals surface area contributed by atoms with Gasteiger partial charge >= 0.3 is 30.2 Å². The molecule has 0 heterocycles. The largest absolute Gasteiger partial charge is 0.478 e. The second-order valence-electron chi connectivity index (χ2n) is 13.4. The number of amides is 3. The zero-order valence-electron chi connectivity index (χ0n) is 28.0. The van der Waals surface area contributed by atoms with Crippen LogP contribution in [0, 0.1) is 5.92 Å². The average Bonchev–Trinajstić information content (AvgIpc) is 2.82. The zero-order chi connectivity index (χ0) is 34.0. The lowest BCUT2D eigenvalue weighted by atomic mass is 9.96. The zero-order valence-corrected chi connectivity index (χ0v) is 28.0. The Hall–Kier alpha value is -3.29. The molecule has 0 saturated heterocycles. The maximum absolute atomic E-state index is 12.3. The maximum Gasteiger partial charge on any atom is 0.410 e. The molecular formula is C30H55N3O11. The minimum Gasteiger partial charge on any atom is -0.478 e. The SMILES string of the molecule is CC(C)(C)OC(=O)NCCCCCCC(CCCNC(=O)OC(C)(C)C)COC(=O)COC(NC(=O)OC(C)(C)C)C(=O)O. The molecule has 0 aliphatic rings. The van der Waals surface area contributed by atoms with Gasteiger partial charge in [0.1, 0.15) is 23.4 Å². The van der Waals surface area contributed by atoms with E-state index in [0.717, 1.165) is 32.1 Å². The van der Waals surface area contributed by atoms with Crippen LogP contribution in [0.1, 0.15) is 107 Å². The Morgan fingerprint density at radius 1 is 0.636 bits per heavy atom. The summed E-state index contributed by atoms with van der Waals surface area (Å²) in [6.07, 6.45) is 1.70. The van der Waals surface area contributed by atoms with Gasteiger partial charge in [0.05, 0.1) is 6.61 Å². The Balaban J connectivity index is 4.74. The van der Waals surface area contributed by atoms with Crippen LogP contribution in [0.5, 0.6) is 0 Å². The maximum atomic E-state index is 12.3. The molecule has 0 aliphatic carbocycles. The van der Waals surface area contributed by atoms with Crippen molar-refractivity contribution in [3.63, 3.8) is 0 Å². The van der Waals surface area contributed by atoms with Crippen LogP contribution in [0.3, 0.4) is 0 Å². The number of carbonyl (C=O) groups is 5. The first-order valence-electron chi connectivity index (χ1n) is 15.1. The number of nitrogens with one attached hydrogen (secondary N) is 3. The quantitative estimate of drug-likeness (QED) is 0.0697. The third-order valence-corrected chi connectivity index (χ3v) is 5.38. The van der Waals surface area contributed by atoms with E-state index in [1.807, 2.05) is 5.32 Å². The molecular weight excluding hydrogens is 578 g/mol. The summed E-state index contributed by atoms with van der Waals surface area (Å²) in [7, 11) is 0. The highest BCUT2D eigenvalue weighted by atomic mass is 16.6. The highest BCUT2D eigenvalue weighted by molar-refractivity contribution is 5.79. The highest BCUT2D eigenvalue weighted by Gasteiger charge is 2.26. The summed E-state index contributed by atoms with van der Waals surface area (Å²) in [6.45, 7) is 15.9. The first kappa shape index (κ1) is 40.7. The van der Waals surface area contributed by atoms with Crippen LogP contribution in [0.25, 0.3) is 0 Å². The number of aliphatic carboxylic acids is 1. The van der Waals surface area contributed by atoms with Gasteiger partial charge in [0.15, 0.2) is 0 Å². The van der Waals surface area contributed by atoms with Gasteiger partial charge in [-0.05, 0) is 93.9 Å². The second kappa shape index (κ2) is 19.9. The number of rotatable bonds is 18. The molecule has 2 unspecified atom stereocenters. The molecule has 44 heavy (non-hydrogen) atoms. The van der Waals surface area contributed by atoms with E-state index in [1.165, 1.54) is 0 Å². The lowest BCUT2D eigenvalue weighted by molar-refractivity contribution is -0.162. The van der Waals surface area contributed by atoms with Gasteiger partial charge in [-0.1, -0.05) is 19.3 Å². The van der Waals surface area contributed by atoms with Gasteiger partial charge < -0.3 is 39.4 Å². The number of carboxylic acids is 1. The van der Waals surface area contributed by atoms with E-state index < -0.39 is 59.9 Å². The fourth-order valence-corrected chi connectivity index (χ4v) is 3.62. The van der Waals surface area contributed by atoms with Gasteiger partial charge in [-0.15, -0.1) is 0 Å². The molecule has 0 aromatic rings. The van der Waals surface area contributed by atoms with E-state index in [0.29, 0.717) is 25.9 Å². The van der Waals surface area contributed by atoms with E-state index in [-0.39, 0.29) is 12.5 Å². The van der Waals surface area contributed by atoms with Crippen molar-refractivity contribution in [1.29, 1.82) is 0 Å². The summed E-state index contributed by atoms with van der Waals surface area (Å²) in [5, 5.41) is 16.8. The molecule has 14 heteroatoms. The van der Waals surface area contributed by atoms with Crippen LogP contribution in [-0.2, 0) is 33.3 Å². The average molecular weight is 634 g/mol. The predicted molar refractivity (Wildman–Crippen MR) is 162 cm³/mol. The van der Waals surface area contributed by atoms with Gasteiger partial charge in [0.25, 0.3) is 0 Å². The normalized spacial score (nSPS) is 13.2. The van der Waals surface area contributed by atoms with Gasteiger partial charge in [0.2, 0.25) is 6.23 Å². The van der Waals surface area contributed by atoms with Crippen LogP contribution >= 0.6 is 0 Å². The number of hydrogen-bond donors (Lipinski definition) is 4. The van der Waals surface area contributed by atoms with Crippen LogP contribution in [0.4, 0.5) is 14.4 Å². The number of ether oxygens (including phenoxy) is 5. The van der Waals surface area contributed by atoms with Gasteiger partial charge in [-0.25, -0.2) is 24.0 Å². The summed E-state index contributed by atoms with van der Waals surface area (Å²) in [4.78, 5) is 59.3. The van der Waals surface area contributed by atoms with E-state index >= 15 is 0 Å². The molecule has 256 valence electrons. The van der Waals surface area contributed by atoms with Crippen molar-refractivity contribution in [2.75, 3.05) is 26.3 Å². The van der Waals surface area contributed by atoms with Crippen LogP contribution in [0.15, 0.2) is 0 Å². The third kappa shape index (κ3) is 25.2. The molecule has 0 aromatic carbocycles. The van der Waals surface area contributed by atoms with Crippen LogP contribution in [-0.4, -0.2) is 84.7 Å². The molecule has 0 aromatic heterocycles. The number of alkyl carbamates (subject to hydrolysis) is 3. The standard InChI is InChI=1S/C30H55N3O11/c1-28(2,3)42-25(37)31-17-13-11-10-12-15-21(16-14-18-32-26(38)43-29(4,5)6)19-40-22(34)20-41-23(24(35)36)33-27(39)44-30(7,8)9/h21,23H,10-20H2,1-9H3,(H,31,37)(H,32,38)(H,33,39)(H,35,36). The lowest BCUT2D eigenvalue weighted by Crippen LogP contribution is -2.45. The summed E-state index contributed by atoms with van der Waals surface area (Å²) < 4.78 is 25.9. The summed E-state index contributed by atoms with van der Waals surface area (Å²) in [5.41, 5.74) is -2.00. The molecule has 4 N–H and O–H groups in total. The molecule has 3 amide bonds. The molecule has 0 aliphatic heterocycles. The van der Waals surface area contributed by atoms with Crippen LogP contribution in [0.2, 0.25) is 0 Å². The number of carbonyl (C=O) groups excluding carboxylic acids is 4. The van der Waals surface area contributed by atoms with E-state index in [2.05, 4.69) is 10.6 Å². The van der Waals surface area contributed by atoms with Crippen molar-refractivity contribution in [1.82, 2.24) is 16.0 Å². The Kier molecular flexibility index (Phi) is 18.4. The third-order valence-electron chi connectivity index (χ3n) is 5.38. The Bertz CT molecular complexity index is 905. The van der Waals surface area contributed by atoms with Gasteiger partial charge in [-0.2, -0.15) is 0 Å². The molecule has 14 nitrogen and oxygen atoms in total. The number of unbranched alkanes of at least 4 members (excludes halogenated alkanes) is 3. The van der Waals surface area contributed by atoms with Crippen molar-refractivity contribution in [3.05, 3.63) is 0 Å². The van der Waals surface area contributed by atoms with E-state index in [1.54, 1.807) is 62.3 Å². The number of hydrogen-bond acceptors (Lipinski definition) is 10. The minimum atomic E-state index is -1.79. The number of esters is 1. The molecule has 0 saturated carbocycles. The molecule has 0 rings (SSSR count). The Morgan fingerprint density at radius 3 is 1.59 bits per heavy atom. The molecule has 2 atom stereocenters. The van der Waals surface area contributed by atoms with E-state index in [9.17, 15) is 29.1 Å². The van der Waals surface area contributed by atoms with Crippen molar-refractivity contribution >= 4 is 30.2 Å². The summed E-state index contributed by atoms with van der Waals surface area (Å²) in [6, 6.07) is 0. The number of carboxylic acid groups (broad SMARTS) is 1. The van der Waals surface area contributed by atoms with Gasteiger partial charge in [-0.3, -0.25) is 5.32 Å². The fourth-order valence-electron chi connectivity index (χ4n) is 3.62. The second-order valence-corrected chi connectivity index (χ2v) is 13.4. The fraction of sp³-hybridized carbons (Fsp3) is 0.833. The Morgan fingerprint density at radius 2 is 1.09 bits per heavy atom. The monoisotopic (exact) mass is 633 g/mol. The minimum absolute atomic E-state index is 0.0190. The van der Waals surface area contributed by atoms with Crippen molar-refractivity contribution in [3.8, 4) is 0 Å². The Labute approximate surface area is 261 Å². The molecule has 0 bridgehead atoms. The topological polar surface area (TPSA) is 188 Å². The van der Waals surface area contributed by atoms with Crippen molar-refractivity contribution in [2.45, 2.75) is 130 Å². The van der Waals surface area contributed by atoms with Crippen molar-refractivity contribution < 1.29 is 52.8 Å². The van der Waals surface area contributed by atoms with Crippen LogP contribution < -0.4 is 16.0 Å². The summed E-state index contributed by atoms with van der Waals surface area (Å²) >= 11 is 0. The lowest BCUT2D eigenvalue weighted by Gasteiger charge is -2.22. The predicted octanol–water partition coefficient (Wildman–Crippen LogP) is 4.88. The molecule has 0 spiro atoms. The smallest absolute Gasteiger partial charge is 0.410 e. The summed E-state index contributed by atoms with van der Waals surface area (Å²) in [5.74, 6) is -2.30. The molecule has 0 radical (unpaired) electrons. The van der Waals surface area contributed by atoms with E-state index in [4.69, 9.17) is 23.7 Å². The highest BCUT2D eigenvalue weighted by Crippen LogP contribution is 2.17. The first-order chi connectivity index (χ1) is 20.2. The first-order valence-corrected chi connectivity index (χ1v) is 15.1. The molecule has 0 fully saturated rings. The van der Waals surface area contributed by atoms with Crippen molar-refractivity contribution in [2.24, 2.45) is 5.92 Å². The van der Waals surface area contributed by atoms with Gasteiger partial charge in [0, 0.05) is 13.1 Å².